The molecule has 38 heavy (non-hydrogen) atoms. The Morgan fingerprint density at radius 3 is 2.18 bits per heavy atom. The number of carbonyl (C=O) groups is 3. The molecule has 0 spiro atoms. The first-order chi connectivity index (χ1) is 18.2. The highest BCUT2D eigenvalue weighted by molar-refractivity contribution is 5.93. The zero-order valence-corrected chi connectivity index (χ0v) is 21.4. The van der Waals surface area contributed by atoms with Crippen LogP contribution < -0.4 is 5.32 Å². The quantitative estimate of drug-likeness (QED) is 0.372. The summed E-state index contributed by atoms with van der Waals surface area (Å²) in [6, 6.07) is 21.7. The van der Waals surface area contributed by atoms with Crippen LogP contribution in [0, 0.1) is 0 Å². The summed E-state index contributed by atoms with van der Waals surface area (Å²) in [6.07, 6.45) is -1.20. The summed E-state index contributed by atoms with van der Waals surface area (Å²) < 4.78 is 12.2. The molecule has 1 heterocycles. The van der Waals surface area contributed by atoms with Gasteiger partial charge < -0.3 is 14.8 Å². The fourth-order valence-electron chi connectivity index (χ4n) is 4.66. The normalized spacial score (nSPS) is 13.4. The van der Waals surface area contributed by atoms with Crippen molar-refractivity contribution in [2.75, 3.05) is 6.61 Å². The highest BCUT2D eigenvalue weighted by atomic mass is 16.6. The number of aromatic nitrogens is 3. The lowest BCUT2D eigenvalue weighted by atomic mass is 9.98. The average Bonchev–Trinajstić information content (AvgIpc) is 3.46. The van der Waals surface area contributed by atoms with Crippen LogP contribution in [-0.2, 0) is 14.3 Å². The van der Waals surface area contributed by atoms with Gasteiger partial charge in [0.15, 0.2) is 0 Å². The van der Waals surface area contributed by atoms with E-state index in [0.29, 0.717) is 11.0 Å². The molecule has 0 saturated carbocycles. The average molecular weight is 513 g/mol. The molecule has 1 aliphatic carbocycles. The molecule has 0 fully saturated rings. The molecule has 3 aromatic carbocycles. The van der Waals surface area contributed by atoms with Gasteiger partial charge in [0.2, 0.25) is 0 Å². The zero-order valence-electron chi connectivity index (χ0n) is 21.4. The minimum Gasteiger partial charge on any atom is -0.458 e. The van der Waals surface area contributed by atoms with Crippen LogP contribution in [0.2, 0.25) is 0 Å². The number of ether oxygens (including phenoxy) is 2. The Labute approximate surface area is 219 Å². The number of rotatable bonds is 6. The SMILES string of the molecule is CC(C)(C)OC(=O)[C@H](CC(=O)n1nnc2ccccc21)NC(=O)OCC1c2ccccc2-c2ccccc21. The van der Waals surface area contributed by atoms with Crippen molar-refractivity contribution < 1.29 is 23.9 Å². The zero-order chi connectivity index (χ0) is 26.9. The predicted molar refractivity (Wildman–Crippen MR) is 141 cm³/mol. The molecule has 1 aliphatic rings. The largest absolute Gasteiger partial charge is 0.458 e. The number of nitrogens with one attached hydrogen (secondary N) is 1. The van der Waals surface area contributed by atoms with Gasteiger partial charge in [-0.2, -0.15) is 4.68 Å². The standard InChI is InChI=1S/C29H28N4O5/c1-29(2,3)38-27(35)24(16-26(34)33-25-15-9-8-14-23(25)31-32-33)30-28(36)37-17-22-20-12-6-4-10-18(20)19-11-5-7-13-21(19)22/h4-15,22,24H,16-17H2,1-3H3,(H,30,36)/t24-/m0/s1. The maximum absolute atomic E-state index is 13.1. The first-order valence-electron chi connectivity index (χ1n) is 12.4. The molecule has 194 valence electrons. The van der Waals surface area contributed by atoms with Gasteiger partial charge in [0, 0.05) is 5.92 Å². The Bertz CT molecular complexity index is 1480. The second-order valence-corrected chi connectivity index (χ2v) is 10.1. The Kier molecular flexibility index (Phi) is 6.67. The summed E-state index contributed by atoms with van der Waals surface area (Å²) in [7, 11) is 0. The number of nitrogens with zero attached hydrogens (tertiary/aromatic N) is 3. The van der Waals surface area contributed by atoms with E-state index in [0.717, 1.165) is 26.9 Å². The maximum Gasteiger partial charge on any atom is 0.407 e. The van der Waals surface area contributed by atoms with Crippen molar-refractivity contribution in [3.05, 3.63) is 83.9 Å². The first kappa shape index (κ1) is 25.1. The Hall–Kier alpha value is -4.53. The fourth-order valence-corrected chi connectivity index (χ4v) is 4.66. The molecular weight excluding hydrogens is 484 g/mol. The van der Waals surface area contributed by atoms with Crippen LogP contribution in [0.4, 0.5) is 4.79 Å². The molecule has 5 rings (SSSR count). The van der Waals surface area contributed by atoms with E-state index in [2.05, 4.69) is 15.6 Å². The molecule has 0 bridgehead atoms. The van der Waals surface area contributed by atoms with Gasteiger partial charge in [-0.3, -0.25) is 4.79 Å². The van der Waals surface area contributed by atoms with E-state index in [1.165, 1.54) is 0 Å². The number of para-hydroxylation sites is 1. The molecule has 9 heteroatoms. The minimum absolute atomic E-state index is 0.0720. The lowest BCUT2D eigenvalue weighted by molar-refractivity contribution is -0.157. The molecule has 4 aromatic rings. The van der Waals surface area contributed by atoms with Crippen LogP contribution in [-0.4, -0.2) is 51.2 Å². The Balaban J connectivity index is 1.31. The number of hydrogen-bond donors (Lipinski definition) is 1. The molecule has 1 atom stereocenters. The van der Waals surface area contributed by atoms with Gasteiger partial charge in [0.1, 0.15) is 23.8 Å². The fraction of sp³-hybridized carbons (Fsp3) is 0.276. The summed E-state index contributed by atoms with van der Waals surface area (Å²) in [5, 5.41) is 10.4. The number of benzene rings is 3. The number of alkyl carbamates (subject to hydrolysis) is 1. The van der Waals surface area contributed by atoms with Gasteiger partial charge in [-0.15, -0.1) is 5.10 Å². The van der Waals surface area contributed by atoms with Crippen LogP contribution >= 0.6 is 0 Å². The van der Waals surface area contributed by atoms with Crippen LogP contribution in [0.3, 0.4) is 0 Å². The van der Waals surface area contributed by atoms with Crippen molar-refractivity contribution in [2.24, 2.45) is 0 Å². The third-order valence-electron chi connectivity index (χ3n) is 6.29. The summed E-state index contributed by atoms with van der Waals surface area (Å²) in [5.41, 5.74) is 4.57. The smallest absolute Gasteiger partial charge is 0.407 e. The number of amides is 1. The minimum atomic E-state index is -1.28. The number of hydrogen-bond acceptors (Lipinski definition) is 7. The lowest BCUT2D eigenvalue weighted by Crippen LogP contribution is -2.46. The molecule has 9 nitrogen and oxygen atoms in total. The van der Waals surface area contributed by atoms with Crippen molar-refractivity contribution >= 4 is 29.0 Å². The highest BCUT2D eigenvalue weighted by Gasteiger charge is 2.32. The van der Waals surface area contributed by atoms with Crippen molar-refractivity contribution in [3.8, 4) is 11.1 Å². The van der Waals surface area contributed by atoms with Gasteiger partial charge in [-0.1, -0.05) is 65.9 Å². The van der Waals surface area contributed by atoms with E-state index in [9.17, 15) is 14.4 Å². The van der Waals surface area contributed by atoms with Crippen molar-refractivity contribution in [2.45, 2.75) is 44.8 Å². The number of fused-ring (bicyclic) bond motifs is 4. The lowest BCUT2D eigenvalue weighted by Gasteiger charge is -2.24. The molecule has 0 aliphatic heterocycles. The van der Waals surface area contributed by atoms with Crippen LogP contribution in [0.15, 0.2) is 72.8 Å². The third-order valence-corrected chi connectivity index (χ3v) is 6.29. The van der Waals surface area contributed by atoms with E-state index in [1.54, 1.807) is 45.0 Å². The van der Waals surface area contributed by atoms with E-state index in [1.807, 2.05) is 48.5 Å². The first-order valence-corrected chi connectivity index (χ1v) is 12.4. The van der Waals surface area contributed by atoms with Gasteiger partial charge in [-0.25, -0.2) is 9.59 Å². The molecule has 0 radical (unpaired) electrons. The van der Waals surface area contributed by atoms with Crippen molar-refractivity contribution in [1.29, 1.82) is 0 Å². The summed E-state index contributed by atoms with van der Waals surface area (Å²) in [6.45, 7) is 5.20. The van der Waals surface area contributed by atoms with E-state index < -0.39 is 29.6 Å². The van der Waals surface area contributed by atoms with Crippen LogP contribution in [0.1, 0.15) is 49.0 Å². The third kappa shape index (κ3) is 5.13. The molecule has 1 N–H and O–H groups in total. The molecular formula is C29H28N4O5. The monoisotopic (exact) mass is 512 g/mol. The summed E-state index contributed by atoms with van der Waals surface area (Å²) in [5.74, 6) is -1.41. The number of carbonyl (C=O) groups excluding carboxylic acids is 3. The van der Waals surface area contributed by atoms with Crippen molar-refractivity contribution in [3.63, 3.8) is 0 Å². The van der Waals surface area contributed by atoms with Crippen LogP contribution in [0.5, 0.6) is 0 Å². The second-order valence-electron chi connectivity index (χ2n) is 10.1. The van der Waals surface area contributed by atoms with E-state index >= 15 is 0 Å². The maximum atomic E-state index is 13.1. The summed E-state index contributed by atoms with van der Waals surface area (Å²) in [4.78, 5) is 38.9. The van der Waals surface area contributed by atoms with Crippen LogP contribution in [0.25, 0.3) is 22.2 Å². The number of esters is 1. The van der Waals surface area contributed by atoms with Gasteiger partial charge in [0.05, 0.1) is 11.9 Å². The Morgan fingerprint density at radius 1 is 0.921 bits per heavy atom. The van der Waals surface area contributed by atoms with Gasteiger partial charge in [-0.05, 0) is 55.2 Å². The van der Waals surface area contributed by atoms with E-state index in [-0.39, 0.29) is 18.9 Å². The molecule has 1 aromatic heterocycles. The van der Waals surface area contributed by atoms with Crippen molar-refractivity contribution in [1.82, 2.24) is 20.3 Å². The second kappa shape index (κ2) is 10.1. The Morgan fingerprint density at radius 2 is 1.53 bits per heavy atom. The molecule has 0 saturated heterocycles. The highest BCUT2D eigenvalue weighted by Crippen LogP contribution is 2.44. The predicted octanol–water partition coefficient (Wildman–Crippen LogP) is 4.71. The van der Waals surface area contributed by atoms with Gasteiger partial charge >= 0.3 is 12.1 Å². The molecule has 1 amide bonds. The summed E-state index contributed by atoms with van der Waals surface area (Å²) >= 11 is 0. The van der Waals surface area contributed by atoms with E-state index in [4.69, 9.17) is 9.47 Å². The topological polar surface area (TPSA) is 112 Å². The van der Waals surface area contributed by atoms with Gasteiger partial charge in [0.25, 0.3) is 5.91 Å². The molecule has 0 unspecified atom stereocenters.